The summed E-state index contributed by atoms with van der Waals surface area (Å²) < 4.78 is 6.61. The third kappa shape index (κ3) is 2.96. The van der Waals surface area contributed by atoms with Crippen LogP contribution in [-0.2, 0) is 6.54 Å². The quantitative estimate of drug-likeness (QED) is 0.701. The molecule has 1 amide bonds. The largest absolute Gasteiger partial charge is 0.357 e. The summed E-state index contributed by atoms with van der Waals surface area (Å²) >= 11 is 0. The first kappa shape index (κ1) is 13.0. The molecule has 0 fully saturated rings. The van der Waals surface area contributed by atoms with Gasteiger partial charge in [-0.3, -0.25) is 4.79 Å². The number of carbonyl (C=O) groups is 1. The topological polar surface area (TPSA) is 115 Å². The van der Waals surface area contributed by atoms with Gasteiger partial charge in [-0.1, -0.05) is 10.4 Å². The average Bonchev–Trinajstić information content (AvgIpc) is 3.19. The van der Waals surface area contributed by atoms with Gasteiger partial charge in [-0.25, -0.2) is 4.68 Å². The summed E-state index contributed by atoms with van der Waals surface area (Å²) in [6, 6.07) is 3.48. The lowest BCUT2D eigenvalue weighted by Gasteiger charge is -2.03. The molecule has 2 N–H and O–H groups in total. The van der Waals surface area contributed by atoms with E-state index in [1.807, 2.05) is 0 Å². The molecule has 0 spiro atoms. The van der Waals surface area contributed by atoms with Crippen molar-refractivity contribution in [1.29, 1.82) is 0 Å². The zero-order valence-corrected chi connectivity index (χ0v) is 11.3. The highest BCUT2D eigenvalue weighted by molar-refractivity contribution is 5.92. The van der Waals surface area contributed by atoms with Crippen molar-refractivity contribution < 1.29 is 9.32 Å². The molecule has 9 nitrogen and oxygen atoms in total. The second kappa shape index (κ2) is 5.57. The van der Waals surface area contributed by atoms with E-state index in [-0.39, 0.29) is 5.91 Å². The van der Waals surface area contributed by atoms with Gasteiger partial charge in [-0.2, -0.15) is 4.98 Å². The summed E-state index contributed by atoms with van der Waals surface area (Å²) in [6.07, 6.45) is 3.39. The number of H-pyrrole nitrogens is 1. The third-order valence-electron chi connectivity index (χ3n) is 2.75. The number of amides is 1. The van der Waals surface area contributed by atoms with Crippen LogP contribution in [0, 0.1) is 6.92 Å². The highest BCUT2D eigenvalue weighted by Gasteiger charge is 2.11. The van der Waals surface area contributed by atoms with E-state index in [0.717, 1.165) is 0 Å². The van der Waals surface area contributed by atoms with Gasteiger partial charge in [0.05, 0.1) is 12.7 Å². The van der Waals surface area contributed by atoms with Crippen LogP contribution >= 0.6 is 0 Å². The fourth-order valence-corrected chi connectivity index (χ4v) is 1.76. The van der Waals surface area contributed by atoms with Crippen LogP contribution in [0.4, 0.5) is 0 Å². The highest BCUT2D eigenvalue weighted by atomic mass is 16.5. The molecule has 0 radical (unpaired) electrons. The maximum atomic E-state index is 11.7. The van der Waals surface area contributed by atoms with Crippen LogP contribution in [0.5, 0.6) is 0 Å². The van der Waals surface area contributed by atoms with Gasteiger partial charge < -0.3 is 14.8 Å². The van der Waals surface area contributed by atoms with Gasteiger partial charge in [0.25, 0.3) is 11.8 Å². The van der Waals surface area contributed by atoms with E-state index in [2.05, 4.69) is 30.8 Å². The molecule has 3 aromatic rings. The molecule has 0 bridgehead atoms. The van der Waals surface area contributed by atoms with E-state index in [0.29, 0.717) is 36.2 Å². The Morgan fingerprint density at radius 3 is 3.14 bits per heavy atom. The molecular weight excluding hydrogens is 274 g/mol. The summed E-state index contributed by atoms with van der Waals surface area (Å²) in [5.41, 5.74) is 1.03. The molecule has 0 aliphatic heterocycles. The van der Waals surface area contributed by atoms with Crippen molar-refractivity contribution in [2.24, 2.45) is 0 Å². The molecule has 0 aliphatic rings. The van der Waals surface area contributed by atoms with Crippen LogP contribution in [-0.4, -0.2) is 42.6 Å². The molecule has 9 heteroatoms. The third-order valence-corrected chi connectivity index (χ3v) is 2.75. The Morgan fingerprint density at radius 1 is 1.52 bits per heavy atom. The molecule has 3 heterocycles. The summed E-state index contributed by atoms with van der Waals surface area (Å²) in [4.78, 5) is 18.6. The number of hydrogen-bond donors (Lipinski definition) is 2. The van der Waals surface area contributed by atoms with Gasteiger partial charge in [-0.05, 0) is 19.1 Å². The van der Waals surface area contributed by atoms with E-state index < -0.39 is 0 Å². The molecule has 108 valence electrons. The minimum absolute atomic E-state index is 0.159. The lowest BCUT2D eigenvalue weighted by Crippen LogP contribution is -2.27. The zero-order chi connectivity index (χ0) is 14.7. The molecule has 0 saturated heterocycles. The van der Waals surface area contributed by atoms with E-state index >= 15 is 0 Å². The highest BCUT2D eigenvalue weighted by Crippen LogP contribution is 2.12. The number of aromatic nitrogens is 6. The van der Waals surface area contributed by atoms with Gasteiger partial charge in [0.15, 0.2) is 11.5 Å². The van der Waals surface area contributed by atoms with Gasteiger partial charge in [0.1, 0.15) is 5.69 Å². The predicted molar refractivity (Wildman–Crippen MR) is 71.2 cm³/mol. The SMILES string of the molecule is Cc1noc(-c2cn(CCNC(=O)c3ccc[nH]3)nn2)n1. The first-order chi connectivity index (χ1) is 10.2. The fourth-order valence-electron chi connectivity index (χ4n) is 1.76. The van der Waals surface area contributed by atoms with E-state index in [9.17, 15) is 4.79 Å². The normalized spacial score (nSPS) is 10.7. The Labute approximate surface area is 119 Å². The Morgan fingerprint density at radius 2 is 2.43 bits per heavy atom. The summed E-state index contributed by atoms with van der Waals surface area (Å²) in [5, 5.41) is 14.4. The number of carbonyl (C=O) groups excluding carboxylic acids is 1. The monoisotopic (exact) mass is 287 g/mol. The molecular formula is C12H13N7O2. The first-order valence-corrected chi connectivity index (χ1v) is 6.35. The molecule has 0 saturated carbocycles. The second-order valence-electron chi connectivity index (χ2n) is 4.35. The van der Waals surface area contributed by atoms with E-state index in [4.69, 9.17) is 4.52 Å². The van der Waals surface area contributed by atoms with Crippen LogP contribution in [0.3, 0.4) is 0 Å². The molecule has 0 unspecified atom stereocenters. The van der Waals surface area contributed by atoms with Crippen LogP contribution in [0.1, 0.15) is 16.3 Å². The summed E-state index contributed by atoms with van der Waals surface area (Å²) in [7, 11) is 0. The first-order valence-electron chi connectivity index (χ1n) is 6.35. The van der Waals surface area contributed by atoms with Gasteiger partial charge >= 0.3 is 0 Å². The number of rotatable bonds is 5. The molecule has 3 rings (SSSR count). The predicted octanol–water partition coefficient (Wildman–Crippen LogP) is 0.395. The average molecular weight is 287 g/mol. The number of aryl methyl sites for hydroxylation is 1. The van der Waals surface area contributed by atoms with Crippen molar-refractivity contribution in [3.63, 3.8) is 0 Å². The zero-order valence-electron chi connectivity index (χ0n) is 11.3. The minimum Gasteiger partial charge on any atom is -0.357 e. The van der Waals surface area contributed by atoms with E-state index in [1.54, 1.807) is 36.1 Å². The van der Waals surface area contributed by atoms with Crippen molar-refractivity contribution in [2.75, 3.05) is 6.54 Å². The standard InChI is InChI=1S/C12H13N7O2/c1-8-15-12(21-17-8)10-7-19(18-16-10)6-5-14-11(20)9-3-2-4-13-9/h2-4,7,13H,5-6H2,1H3,(H,14,20). The Kier molecular flexibility index (Phi) is 3.46. The Bertz CT molecular complexity index is 728. The molecule has 3 aromatic heterocycles. The van der Waals surface area contributed by atoms with Crippen molar-refractivity contribution in [3.8, 4) is 11.6 Å². The van der Waals surface area contributed by atoms with Gasteiger partial charge in [0.2, 0.25) is 0 Å². The van der Waals surface area contributed by atoms with Gasteiger partial charge in [-0.15, -0.1) is 5.10 Å². The Hall–Kier alpha value is -2.97. The van der Waals surface area contributed by atoms with Crippen LogP contribution in [0.2, 0.25) is 0 Å². The maximum Gasteiger partial charge on any atom is 0.280 e. The smallest absolute Gasteiger partial charge is 0.280 e. The maximum absolute atomic E-state index is 11.7. The second-order valence-corrected chi connectivity index (χ2v) is 4.35. The Balaban J connectivity index is 1.54. The minimum atomic E-state index is -0.159. The summed E-state index contributed by atoms with van der Waals surface area (Å²) in [6.45, 7) is 2.66. The molecule has 21 heavy (non-hydrogen) atoms. The summed E-state index contributed by atoms with van der Waals surface area (Å²) in [5.74, 6) is 0.708. The van der Waals surface area contributed by atoms with Gasteiger partial charge in [0, 0.05) is 12.7 Å². The lowest BCUT2D eigenvalue weighted by atomic mass is 10.4. The molecule has 0 atom stereocenters. The van der Waals surface area contributed by atoms with Crippen molar-refractivity contribution in [3.05, 3.63) is 36.0 Å². The number of nitrogens with one attached hydrogen (secondary N) is 2. The van der Waals surface area contributed by atoms with Crippen molar-refractivity contribution in [2.45, 2.75) is 13.5 Å². The molecule has 0 aliphatic carbocycles. The van der Waals surface area contributed by atoms with Crippen LogP contribution < -0.4 is 5.32 Å². The van der Waals surface area contributed by atoms with Crippen LogP contribution in [0.15, 0.2) is 29.0 Å². The van der Waals surface area contributed by atoms with Crippen molar-refractivity contribution in [1.82, 2.24) is 35.4 Å². The fraction of sp³-hybridized carbons (Fsp3) is 0.250. The van der Waals surface area contributed by atoms with Crippen LogP contribution in [0.25, 0.3) is 11.6 Å². The van der Waals surface area contributed by atoms with Crippen molar-refractivity contribution >= 4 is 5.91 Å². The lowest BCUT2D eigenvalue weighted by molar-refractivity contribution is 0.0947. The van der Waals surface area contributed by atoms with E-state index in [1.165, 1.54) is 0 Å². The number of aromatic amines is 1. The molecule has 0 aromatic carbocycles. The number of nitrogens with zero attached hydrogens (tertiary/aromatic N) is 5. The number of hydrogen-bond acceptors (Lipinski definition) is 6.